The minimum Gasteiger partial charge on any atom is -0.371 e. The number of nitrogens with one attached hydrogen (secondary N) is 2. The van der Waals surface area contributed by atoms with Crippen molar-refractivity contribution in [2.75, 3.05) is 18.0 Å². The lowest BCUT2D eigenvalue weighted by molar-refractivity contribution is -0.384. The Morgan fingerprint density at radius 1 is 1.19 bits per heavy atom. The van der Waals surface area contributed by atoms with E-state index in [0.717, 1.165) is 38.8 Å². The number of amides is 2. The Morgan fingerprint density at radius 2 is 1.85 bits per heavy atom. The Balaban J connectivity index is 2.22. The normalized spacial score (nSPS) is 16.3. The number of hydrogen-bond donors (Lipinski definition) is 2. The van der Waals surface area contributed by atoms with E-state index in [4.69, 9.17) is 0 Å². The first kappa shape index (κ1) is 20.7. The topological polar surface area (TPSA) is 105 Å². The van der Waals surface area contributed by atoms with Crippen molar-refractivity contribution in [3.63, 3.8) is 0 Å². The van der Waals surface area contributed by atoms with Gasteiger partial charge >= 0.3 is 0 Å². The summed E-state index contributed by atoms with van der Waals surface area (Å²) < 4.78 is 0. The molecule has 0 bridgehead atoms. The fourth-order valence-corrected chi connectivity index (χ4v) is 3.04. The van der Waals surface area contributed by atoms with E-state index in [1.807, 2.05) is 13.8 Å². The predicted molar refractivity (Wildman–Crippen MR) is 104 cm³/mol. The average molecular weight is 376 g/mol. The minimum atomic E-state index is -0.736. The lowest BCUT2D eigenvalue weighted by Gasteiger charge is -2.30. The van der Waals surface area contributed by atoms with Gasteiger partial charge in [-0.2, -0.15) is 0 Å². The first-order valence-corrected chi connectivity index (χ1v) is 9.48. The van der Waals surface area contributed by atoms with Gasteiger partial charge in [0.2, 0.25) is 5.91 Å². The minimum absolute atomic E-state index is 0.0126. The van der Waals surface area contributed by atoms with Gasteiger partial charge in [0.25, 0.3) is 11.6 Å². The van der Waals surface area contributed by atoms with Gasteiger partial charge in [0.15, 0.2) is 0 Å². The highest BCUT2D eigenvalue weighted by atomic mass is 16.6. The summed E-state index contributed by atoms with van der Waals surface area (Å²) in [6.45, 7) is 7.07. The average Bonchev–Trinajstić information content (AvgIpc) is 2.67. The van der Waals surface area contributed by atoms with Gasteiger partial charge in [0.05, 0.1) is 16.2 Å². The Kier molecular flexibility index (Phi) is 7.15. The van der Waals surface area contributed by atoms with E-state index in [1.54, 1.807) is 13.0 Å². The Labute approximate surface area is 159 Å². The fraction of sp³-hybridized carbons (Fsp3) is 0.579. The van der Waals surface area contributed by atoms with Crippen LogP contribution in [0.2, 0.25) is 0 Å². The molecule has 0 spiro atoms. The molecule has 1 fully saturated rings. The van der Waals surface area contributed by atoms with E-state index in [9.17, 15) is 19.7 Å². The molecule has 148 valence electrons. The van der Waals surface area contributed by atoms with E-state index in [0.29, 0.717) is 5.69 Å². The number of benzene rings is 1. The second-order valence-electron chi connectivity index (χ2n) is 7.02. The number of piperidine rings is 1. The molecule has 2 N–H and O–H groups in total. The van der Waals surface area contributed by atoms with Crippen LogP contribution in [0.4, 0.5) is 11.4 Å². The molecule has 1 heterocycles. The molecule has 8 nitrogen and oxygen atoms in total. The van der Waals surface area contributed by atoms with Gasteiger partial charge in [0, 0.05) is 31.3 Å². The van der Waals surface area contributed by atoms with Crippen LogP contribution in [0.3, 0.4) is 0 Å². The number of nitro groups is 1. The lowest BCUT2D eigenvalue weighted by Crippen LogP contribution is -2.47. The smallest absolute Gasteiger partial charge is 0.270 e. The molecule has 1 aromatic carbocycles. The molecule has 2 unspecified atom stereocenters. The first-order chi connectivity index (χ1) is 12.8. The zero-order valence-corrected chi connectivity index (χ0v) is 16.2. The van der Waals surface area contributed by atoms with Crippen LogP contribution in [-0.2, 0) is 4.79 Å². The van der Waals surface area contributed by atoms with Crippen LogP contribution in [0.15, 0.2) is 18.2 Å². The third-order valence-electron chi connectivity index (χ3n) is 4.87. The number of carbonyl (C=O) groups excluding carboxylic acids is 2. The molecular weight excluding hydrogens is 348 g/mol. The molecule has 0 aromatic heterocycles. The quantitative estimate of drug-likeness (QED) is 0.562. The summed E-state index contributed by atoms with van der Waals surface area (Å²) in [5.74, 6) is -0.756. The number of hydrogen-bond acceptors (Lipinski definition) is 5. The molecule has 0 saturated carbocycles. The van der Waals surface area contributed by atoms with E-state index in [1.165, 1.54) is 12.1 Å². The van der Waals surface area contributed by atoms with Gasteiger partial charge in [0.1, 0.15) is 6.04 Å². The van der Waals surface area contributed by atoms with Crippen molar-refractivity contribution >= 4 is 23.2 Å². The van der Waals surface area contributed by atoms with Crippen molar-refractivity contribution in [2.24, 2.45) is 0 Å². The lowest BCUT2D eigenvalue weighted by atomic mass is 10.1. The predicted octanol–water partition coefficient (Wildman–Crippen LogP) is 2.62. The Hall–Kier alpha value is -2.64. The van der Waals surface area contributed by atoms with Crippen molar-refractivity contribution in [2.45, 2.75) is 58.5 Å². The number of nitro benzene ring substituents is 1. The van der Waals surface area contributed by atoms with Crippen LogP contribution >= 0.6 is 0 Å². The van der Waals surface area contributed by atoms with Crippen LogP contribution in [0.5, 0.6) is 0 Å². The molecular formula is C19H28N4O4. The number of anilines is 1. The van der Waals surface area contributed by atoms with Crippen molar-refractivity contribution in [1.29, 1.82) is 0 Å². The van der Waals surface area contributed by atoms with Gasteiger partial charge < -0.3 is 15.5 Å². The van der Waals surface area contributed by atoms with Crippen LogP contribution in [0.1, 0.15) is 56.8 Å². The molecule has 1 aliphatic rings. The van der Waals surface area contributed by atoms with Gasteiger partial charge in [-0.25, -0.2) is 0 Å². The van der Waals surface area contributed by atoms with Gasteiger partial charge in [-0.05, 0) is 45.6 Å². The highest BCUT2D eigenvalue weighted by molar-refractivity contribution is 6.02. The maximum absolute atomic E-state index is 12.8. The van der Waals surface area contributed by atoms with Crippen LogP contribution in [0.25, 0.3) is 0 Å². The van der Waals surface area contributed by atoms with Crippen LogP contribution in [-0.4, -0.2) is 41.9 Å². The highest BCUT2D eigenvalue weighted by Gasteiger charge is 2.24. The van der Waals surface area contributed by atoms with E-state index < -0.39 is 16.9 Å². The molecule has 2 amide bonds. The second-order valence-corrected chi connectivity index (χ2v) is 7.02. The number of non-ortho nitro benzene ring substituents is 1. The molecule has 0 aliphatic carbocycles. The standard InChI is InChI=1S/C19H28N4O4/c1-4-13(2)20-18(24)14(3)21-19(25)16-12-15(23(26)27)8-9-17(16)22-10-6-5-7-11-22/h8-9,12-14H,4-7,10-11H2,1-3H3,(H,20,24)(H,21,25). The van der Waals surface area contributed by atoms with E-state index >= 15 is 0 Å². The SMILES string of the molecule is CCC(C)NC(=O)C(C)NC(=O)c1cc([N+](=O)[O-])ccc1N1CCCCC1. The first-order valence-electron chi connectivity index (χ1n) is 9.48. The molecule has 2 atom stereocenters. The molecule has 1 aliphatic heterocycles. The van der Waals surface area contributed by atoms with Gasteiger partial charge in [-0.1, -0.05) is 6.92 Å². The summed E-state index contributed by atoms with van der Waals surface area (Å²) in [6, 6.07) is 3.61. The molecule has 1 aromatic rings. The molecule has 8 heteroatoms. The summed E-state index contributed by atoms with van der Waals surface area (Å²) in [4.78, 5) is 37.7. The van der Waals surface area contributed by atoms with Crippen LogP contribution in [0, 0.1) is 10.1 Å². The summed E-state index contributed by atoms with van der Waals surface area (Å²) >= 11 is 0. The van der Waals surface area contributed by atoms with Crippen molar-refractivity contribution in [3.8, 4) is 0 Å². The van der Waals surface area contributed by atoms with E-state index in [2.05, 4.69) is 15.5 Å². The summed E-state index contributed by atoms with van der Waals surface area (Å²) in [5.41, 5.74) is 0.763. The van der Waals surface area contributed by atoms with Crippen molar-refractivity contribution < 1.29 is 14.5 Å². The fourth-order valence-electron chi connectivity index (χ4n) is 3.04. The number of nitrogens with zero attached hydrogens (tertiary/aromatic N) is 2. The molecule has 0 radical (unpaired) electrons. The maximum Gasteiger partial charge on any atom is 0.270 e. The molecule has 1 saturated heterocycles. The Bertz CT molecular complexity index is 701. The van der Waals surface area contributed by atoms with Crippen LogP contribution < -0.4 is 15.5 Å². The maximum atomic E-state index is 12.8. The zero-order valence-electron chi connectivity index (χ0n) is 16.2. The Morgan fingerprint density at radius 3 is 2.44 bits per heavy atom. The van der Waals surface area contributed by atoms with Gasteiger partial charge in [-0.3, -0.25) is 19.7 Å². The zero-order chi connectivity index (χ0) is 20.0. The monoisotopic (exact) mass is 376 g/mol. The number of rotatable bonds is 7. The summed E-state index contributed by atoms with van der Waals surface area (Å²) in [6.07, 6.45) is 3.96. The molecule has 27 heavy (non-hydrogen) atoms. The third-order valence-corrected chi connectivity index (χ3v) is 4.87. The van der Waals surface area contributed by atoms with Gasteiger partial charge in [-0.15, -0.1) is 0 Å². The van der Waals surface area contributed by atoms with Crippen molar-refractivity contribution in [3.05, 3.63) is 33.9 Å². The summed E-state index contributed by atoms with van der Waals surface area (Å²) in [5, 5.41) is 16.6. The van der Waals surface area contributed by atoms with E-state index in [-0.39, 0.29) is 23.2 Å². The second kappa shape index (κ2) is 9.34. The van der Waals surface area contributed by atoms with Crippen molar-refractivity contribution in [1.82, 2.24) is 10.6 Å². The molecule has 2 rings (SSSR count). The number of carbonyl (C=O) groups is 2. The highest BCUT2D eigenvalue weighted by Crippen LogP contribution is 2.28. The third kappa shape index (κ3) is 5.42. The largest absolute Gasteiger partial charge is 0.371 e. The summed E-state index contributed by atoms with van der Waals surface area (Å²) in [7, 11) is 0.